The van der Waals surface area contributed by atoms with Crippen molar-refractivity contribution in [1.82, 2.24) is 9.88 Å². The second-order valence-corrected chi connectivity index (χ2v) is 6.70. The summed E-state index contributed by atoms with van der Waals surface area (Å²) < 4.78 is 5.65. The monoisotopic (exact) mass is 324 g/mol. The third kappa shape index (κ3) is 3.30. The van der Waals surface area contributed by atoms with Gasteiger partial charge in [-0.05, 0) is 32.1 Å². The molecule has 1 aromatic heterocycles. The molecule has 0 aromatic carbocycles. The maximum atomic E-state index is 12.5. The van der Waals surface area contributed by atoms with E-state index in [2.05, 4.69) is 4.98 Å². The molecular formula is C15H20N2O4S. The van der Waals surface area contributed by atoms with Gasteiger partial charge in [-0.1, -0.05) is 0 Å². The van der Waals surface area contributed by atoms with Crippen LogP contribution in [0, 0.1) is 0 Å². The van der Waals surface area contributed by atoms with Gasteiger partial charge in [0.05, 0.1) is 18.6 Å². The molecular weight excluding hydrogens is 304 g/mol. The summed E-state index contributed by atoms with van der Waals surface area (Å²) in [6.07, 6.45) is 5.39. The van der Waals surface area contributed by atoms with E-state index < -0.39 is 5.97 Å². The second-order valence-electron chi connectivity index (χ2n) is 5.81. The summed E-state index contributed by atoms with van der Waals surface area (Å²) in [5, 5.41) is 11.3. The van der Waals surface area contributed by atoms with Crippen molar-refractivity contribution in [2.45, 2.75) is 50.7 Å². The first-order valence-electron chi connectivity index (χ1n) is 7.75. The fraction of sp³-hybridized carbons (Fsp3) is 0.667. The number of likely N-dealkylation sites (tertiary alicyclic amines) is 1. The summed E-state index contributed by atoms with van der Waals surface area (Å²) in [5.41, 5.74) is 0.0647. The fourth-order valence-corrected chi connectivity index (χ4v) is 4.08. The molecule has 2 aliphatic rings. The Kier molecular flexibility index (Phi) is 4.73. The van der Waals surface area contributed by atoms with Crippen molar-refractivity contribution in [3.8, 4) is 0 Å². The molecule has 1 N–H and O–H groups in total. The van der Waals surface area contributed by atoms with Gasteiger partial charge in [-0.15, -0.1) is 11.3 Å². The number of carboxylic acids is 1. The second kappa shape index (κ2) is 6.75. The summed E-state index contributed by atoms with van der Waals surface area (Å²) >= 11 is 1.33. The summed E-state index contributed by atoms with van der Waals surface area (Å²) in [6, 6.07) is -0.0748. The van der Waals surface area contributed by atoms with E-state index in [9.17, 15) is 9.59 Å². The topological polar surface area (TPSA) is 79.7 Å². The zero-order valence-corrected chi connectivity index (χ0v) is 13.2. The predicted molar refractivity (Wildman–Crippen MR) is 81.0 cm³/mol. The third-order valence-electron chi connectivity index (χ3n) is 4.28. The summed E-state index contributed by atoms with van der Waals surface area (Å²) in [4.78, 5) is 29.5. The molecule has 0 saturated carbocycles. The average molecular weight is 324 g/mol. The van der Waals surface area contributed by atoms with Crippen molar-refractivity contribution in [2.24, 2.45) is 0 Å². The molecule has 1 aromatic rings. The molecule has 0 spiro atoms. The number of amides is 1. The Morgan fingerprint density at radius 3 is 2.91 bits per heavy atom. The Balaban J connectivity index is 1.66. The van der Waals surface area contributed by atoms with Gasteiger partial charge >= 0.3 is 5.97 Å². The van der Waals surface area contributed by atoms with E-state index in [1.165, 1.54) is 11.3 Å². The first-order valence-corrected chi connectivity index (χ1v) is 8.63. The highest BCUT2D eigenvalue weighted by Gasteiger charge is 2.33. The minimum absolute atomic E-state index is 0.0355. The number of rotatable bonds is 4. The number of aromatic nitrogens is 1. The zero-order chi connectivity index (χ0) is 15.5. The molecule has 2 saturated heterocycles. The lowest BCUT2D eigenvalue weighted by atomic mass is 10.1. The van der Waals surface area contributed by atoms with Crippen molar-refractivity contribution >= 4 is 23.2 Å². The van der Waals surface area contributed by atoms with Crippen LogP contribution < -0.4 is 0 Å². The molecule has 2 atom stereocenters. The summed E-state index contributed by atoms with van der Waals surface area (Å²) in [7, 11) is 0. The van der Waals surface area contributed by atoms with Gasteiger partial charge in [-0.25, -0.2) is 9.78 Å². The van der Waals surface area contributed by atoms with Crippen LogP contribution >= 0.6 is 11.3 Å². The van der Waals surface area contributed by atoms with Crippen molar-refractivity contribution in [3.05, 3.63) is 16.1 Å². The first-order chi connectivity index (χ1) is 10.6. The van der Waals surface area contributed by atoms with E-state index in [4.69, 9.17) is 9.84 Å². The molecule has 2 fully saturated rings. The molecule has 7 heteroatoms. The number of hydrogen-bond acceptors (Lipinski definition) is 5. The van der Waals surface area contributed by atoms with Gasteiger partial charge in [0.15, 0.2) is 5.69 Å². The molecule has 3 rings (SSSR count). The summed E-state index contributed by atoms with van der Waals surface area (Å²) in [6.45, 7) is 1.47. The van der Waals surface area contributed by atoms with Gasteiger partial charge in [0.25, 0.3) is 0 Å². The van der Waals surface area contributed by atoms with Crippen LogP contribution in [0.25, 0.3) is 0 Å². The van der Waals surface area contributed by atoms with Crippen LogP contribution in [-0.2, 0) is 9.53 Å². The van der Waals surface area contributed by atoms with Crippen LogP contribution in [0.1, 0.15) is 60.1 Å². The largest absolute Gasteiger partial charge is 0.476 e. The smallest absolute Gasteiger partial charge is 0.355 e. The van der Waals surface area contributed by atoms with Gasteiger partial charge in [0.2, 0.25) is 5.91 Å². The number of carbonyl (C=O) groups is 2. The maximum absolute atomic E-state index is 12.5. The van der Waals surface area contributed by atoms with E-state index in [1.807, 2.05) is 4.90 Å². The van der Waals surface area contributed by atoms with Crippen LogP contribution in [0.15, 0.2) is 5.38 Å². The van der Waals surface area contributed by atoms with E-state index in [1.54, 1.807) is 5.38 Å². The number of aromatic carboxylic acids is 1. The molecule has 1 amide bonds. The average Bonchev–Trinajstić information content (AvgIpc) is 3.17. The van der Waals surface area contributed by atoms with Gasteiger partial charge in [0, 0.05) is 18.5 Å². The molecule has 120 valence electrons. The van der Waals surface area contributed by atoms with Gasteiger partial charge in [-0.3, -0.25) is 4.79 Å². The standard InChI is InChI=1S/C15H20N2O4S/c18-13(8-10-4-1-2-7-21-10)17-6-3-5-12(17)14-16-11(9-22-14)15(19)20/h9-10,12H,1-8H2,(H,19,20)/t10-,12-/m1/s1. The Morgan fingerprint density at radius 1 is 1.36 bits per heavy atom. The highest BCUT2D eigenvalue weighted by molar-refractivity contribution is 7.09. The molecule has 3 heterocycles. The fourth-order valence-electron chi connectivity index (χ4n) is 3.14. The Morgan fingerprint density at radius 2 is 2.23 bits per heavy atom. The Labute approximate surface area is 133 Å². The van der Waals surface area contributed by atoms with Crippen LogP contribution in [-0.4, -0.2) is 46.1 Å². The number of nitrogens with zero attached hydrogens (tertiary/aromatic N) is 2. The van der Waals surface area contributed by atoms with Gasteiger partial charge in [-0.2, -0.15) is 0 Å². The third-order valence-corrected chi connectivity index (χ3v) is 5.22. The highest BCUT2D eigenvalue weighted by atomic mass is 32.1. The molecule has 0 aliphatic carbocycles. The van der Waals surface area contributed by atoms with E-state index in [0.29, 0.717) is 6.42 Å². The van der Waals surface area contributed by atoms with E-state index in [-0.39, 0.29) is 23.7 Å². The lowest BCUT2D eigenvalue weighted by Gasteiger charge is -2.27. The molecule has 6 nitrogen and oxygen atoms in total. The lowest BCUT2D eigenvalue weighted by molar-refractivity contribution is -0.136. The molecule has 2 aliphatic heterocycles. The van der Waals surface area contributed by atoms with Crippen LogP contribution in [0.2, 0.25) is 0 Å². The highest BCUT2D eigenvalue weighted by Crippen LogP contribution is 2.34. The van der Waals surface area contributed by atoms with Crippen molar-refractivity contribution in [2.75, 3.05) is 13.2 Å². The molecule has 0 bridgehead atoms. The van der Waals surface area contributed by atoms with Crippen molar-refractivity contribution < 1.29 is 19.4 Å². The Hall–Kier alpha value is -1.47. The van der Waals surface area contributed by atoms with Crippen molar-refractivity contribution in [3.63, 3.8) is 0 Å². The van der Waals surface area contributed by atoms with Crippen LogP contribution in [0.4, 0.5) is 0 Å². The van der Waals surface area contributed by atoms with Gasteiger partial charge < -0.3 is 14.7 Å². The first kappa shape index (κ1) is 15.4. The number of carboxylic acid groups (broad SMARTS) is 1. The quantitative estimate of drug-likeness (QED) is 0.920. The van der Waals surface area contributed by atoms with E-state index >= 15 is 0 Å². The number of thiazole rings is 1. The van der Waals surface area contributed by atoms with Gasteiger partial charge in [0.1, 0.15) is 5.01 Å². The van der Waals surface area contributed by atoms with Crippen LogP contribution in [0.3, 0.4) is 0 Å². The zero-order valence-electron chi connectivity index (χ0n) is 12.4. The minimum Gasteiger partial charge on any atom is -0.476 e. The van der Waals surface area contributed by atoms with E-state index in [0.717, 1.165) is 50.3 Å². The minimum atomic E-state index is -1.02. The SMILES string of the molecule is O=C(O)c1csc([C@H]2CCCN2C(=O)C[C@H]2CCCCO2)n1. The van der Waals surface area contributed by atoms with Crippen molar-refractivity contribution in [1.29, 1.82) is 0 Å². The molecule has 0 radical (unpaired) electrons. The lowest BCUT2D eigenvalue weighted by Crippen LogP contribution is -2.34. The van der Waals surface area contributed by atoms with Crippen LogP contribution in [0.5, 0.6) is 0 Å². The number of hydrogen-bond donors (Lipinski definition) is 1. The molecule has 0 unspecified atom stereocenters. The predicted octanol–water partition coefficient (Wildman–Crippen LogP) is 2.46. The number of ether oxygens (including phenoxy) is 1. The number of carbonyl (C=O) groups excluding carboxylic acids is 1. The molecule has 22 heavy (non-hydrogen) atoms. The Bertz CT molecular complexity index is 553. The maximum Gasteiger partial charge on any atom is 0.355 e. The normalized spacial score (nSPS) is 25.4. The summed E-state index contributed by atoms with van der Waals surface area (Å²) in [5.74, 6) is -0.921.